The molecular weight excluding hydrogens is 817 g/mol. The zero-order valence-corrected chi connectivity index (χ0v) is 38.6. The molecule has 13 aromatic rings. The summed E-state index contributed by atoms with van der Waals surface area (Å²) < 4.78 is 0. The largest absolute Gasteiger partial charge is 0.0622 e. The van der Waals surface area contributed by atoms with E-state index in [1.165, 1.54) is 154 Å². The fraction of sp³-hybridized carbons (Fsp3) is 0.0882. The van der Waals surface area contributed by atoms with Gasteiger partial charge in [0.2, 0.25) is 0 Å². The van der Waals surface area contributed by atoms with Gasteiger partial charge in [0, 0.05) is 10.8 Å². The molecule has 0 nitrogen and oxygen atoms in total. The number of rotatable bonds is 4. The van der Waals surface area contributed by atoms with Gasteiger partial charge in [0.05, 0.1) is 0 Å². The van der Waals surface area contributed by atoms with Crippen molar-refractivity contribution in [3.8, 4) is 66.8 Å². The van der Waals surface area contributed by atoms with E-state index in [9.17, 15) is 0 Å². The molecule has 0 fully saturated rings. The predicted octanol–water partition coefficient (Wildman–Crippen LogP) is 18.8. The summed E-state index contributed by atoms with van der Waals surface area (Å²) in [4.78, 5) is 0. The third-order valence-electron chi connectivity index (χ3n) is 16.5. The molecule has 0 bridgehead atoms. The standard InChI is InChI=1S/C68H46/c1-67(2)55-37-47(49-31-25-45-23-21-41-17-11-19-43-27-33-51(49)59(45)57(41)43)29-35-53(55)63-61(39-13-7-5-8-14-39)62(40-15-9-6-10-16-40)64-54-36-30-48(38-56(54)68(3,4)66(64)65(63)67)50-32-26-46-24-22-42-18-12-20-44-28-34-52(50)60(46)58(42)44/h5-38H,1-4H3. The van der Waals surface area contributed by atoms with E-state index in [1.807, 2.05) is 0 Å². The van der Waals surface area contributed by atoms with Crippen molar-refractivity contribution < 1.29 is 0 Å². The average Bonchev–Trinajstić information content (AvgIpc) is 3.75. The van der Waals surface area contributed by atoms with E-state index in [4.69, 9.17) is 0 Å². The van der Waals surface area contributed by atoms with Crippen LogP contribution in [-0.4, -0.2) is 0 Å². The first-order valence-corrected chi connectivity index (χ1v) is 24.2. The Kier molecular flexibility index (Phi) is 7.45. The van der Waals surface area contributed by atoms with Gasteiger partial charge in [-0.1, -0.05) is 222 Å². The molecular formula is C68H46. The monoisotopic (exact) mass is 862 g/mol. The summed E-state index contributed by atoms with van der Waals surface area (Å²) in [6, 6.07) is 78.5. The molecule has 318 valence electrons. The quantitative estimate of drug-likeness (QED) is 0.155. The Balaban J connectivity index is 0.996. The second-order valence-electron chi connectivity index (χ2n) is 20.7. The summed E-state index contributed by atoms with van der Waals surface area (Å²) in [5.74, 6) is 0. The van der Waals surface area contributed by atoms with E-state index in [0.717, 1.165) is 0 Å². The Morgan fingerprint density at radius 1 is 0.250 bits per heavy atom. The number of fused-ring (bicyclic) bond motifs is 7. The van der Waals surface area contributed by atoms with Gasteiger partial charge in [0.25, 0.3) is 0 Å². The fourth-order valence-electron chi connectivity index (χ4n) is 13.5. The van der Waals surface area contributed by atoms with Gasteiger partial charge in [-0.05, 0) is 166 Å². The van der Waals surface area contributed by atoms with Crippen LogP contribution in [0.15, 0.2) is 206 Å². The maximum absolute atomic E-state index is 2.55. The summed E-state index contributed by atoms with van der Waals surface area (Å²) >= 11 is 0. The van der Waals surface area contributed by atoms with Crippen molar-refractivity contribution in [1.29, 1.82) is 0 Å². The molecule has 0 saturated heterocycles. The van der Waals surface area contributed by atoms with Gasteiger partial charge >= 0.3 is 0 Å². The van der Waals surface area contributed by atoms with Gasteiger partial charge < -0.3 is 0 Å². The highest BCUT2D eigenvalue weighted by atomic mass is 14.5. The lowest BCUT2D eigenvalue weighted by molar-refractivity contribution is 0.601. The molecule has 15 rings (SSSR count). The Morgan fingerprint density at radius 3 is 0.985 bits per heavy atom. The highest BCUT2D eigenvalue weighted by Gasteiger charge is 2.49. The molecule has 2 aliphatic carbocycles. The smallest absolute Gasteiger partial charge is 0.0162 e. The third kappa shape index (κ3) is 4.89. The summed E-state index contributed by atoms with van der Waals surface area (Å²) in [6.45, 7) is 9.99. The maximum Gasteiger partial charge on any atom is 0.0162 e. The molecule has 0 heterocycles. The number of hydrogen-bond donors (Lipinski definition) is 0. The first kappa shape index (κ1) is 38.1. The lowest BCUT2D eigenvalue weighted by Gasteiger charge is -2.33. The second-order valence-corrected chi connectivity index (χ2v) is 20.7. The highest BCUT2D eigenvalue weighted by molar-refractivity contribution is 6.27. The van der Waals surface area contributed by atoms with Crippen LogP contribution >= 0.6 is 0 Å². The Labute approximate surface area is 396 Å². The molecule has 0 N–H and O–H groups in total. The summed E-state index contributed by atoms with van der Waals surface area (Å²) in [7, 11) is 0. The van der Waals surface area contributed by atoms with Crippen molar-refractivity contribution in [1.82, 2.24) is 0 Å². The Bertz CT molecular complexity index is 3970. The normalized spacial score (nSPS) is 14.4. The summed E-state index contributed by atoms with van der Waals surface area (Å²) in [6.07, 6.45) is 0. The fourth-order valence-corrected chi connectivity index (χ4v) is 13.5. The molecule has 0 amide bonds. The van der Waals surface area contributed by atoms with E-state index in [-0.39, 0.29) is 10.8 Å². The van der Waals surface area contributed by atoms with Crippen LogP contribution in [0.5, 0.6) is 0 Å². The minimum Gasteiger partial charge on any atom is -0.0622 e. The summed E-state index contributed by atoms with van der Waals surface area (Å²) in [5.41, 5.74) is 20.8. The third-order valence-corrected chi connectivity index (χ3v) is 16.5. The SMILES string of the molecule is CC1(C)c2cc(-c3ccc4ccc5cccc6ccc3c4c56)ccc2-c2c(-c3ccccc3)c(-c3ccccc3)c3c(c21)C(C)(C)c1cc(-c2ccc4ccc5cccc6ccc2c4c56)ccc1-3. The van der Waals surface area contributed by atoms with Crippen molar-refractivity contribution in [2.75, 3.05) is 0 Å². The topological polar surface area (TPSA) is 0 Å². The summed E-state index contributed by atoms with van der Waals surface area (Å²) in [5, 5.41) is 15.8. The molecule has 0 unspecified atom stereocenters. The van der Waals surface area contributed by atoms with Crippen LogP contribution in [0.1, 0.15) is 49.9 Å². The van der Waals surface area contributed by atoms with Crippen LogP contribution in [-0.2, 0) is 10.8 Å². The molecule has 0 saturated carbocycles. The van der Waals surface area contributed by atoms with Gasteiger partial charge in [-0.15, -0.1) is 0 Å². The molecule has 2 aliphatic rings. The lowest BCUT2D eigenvalue weighted by Crippen LogP contribution is -2.24. The van der Waals surface area contributed by atoms with Crippen LogP contribution in [0, 0.1) is 0 Å². The molecule has 68 heavy (non-hydrogen) atoms. The minimum absolute atomic E-state index is 0.304. The molecule has 0 aliphatic heterocycles. The predicted molar refractivity (Wildman–Crippen MR) is 291 cm³/mol. The van der Waals surface area contributed by atoms with Crippen LogP contribution in [0.3, 0.4) is 0 Å². The van der Waals surface area contributed by atoms with Gasteiger partial charge in [0.15, 0.2) is 0 Å². The number of benzene rings is 13. The van der Waals surface area contributed by atoms with E-state index in [0.29, 0.717) is 0 Å². The molecule has 0 atom stereocenters. The van der Waals surface area contributed by atoms with Gasteiger partial charge in [-0.2, -0.15) is 0 Å². The van der Waals surface area contributed by atoms with Crippen LogP contribution < -0.4 is 0 Å². The van der Waals surface area contributed by atoms with E-state index >= 15 is 0 Å². The van der Waals surface area contributed by atoms with E-state index in [2.05, 4.69) is 234 Å². The van der Waals surface area contributed by atoms with Crippen molar-refractivity contribution in [2.24, 2.45) is 0 Å². The van der Waals surface area contributed by atoms with Crippen molar-refractivity contribution >= 4 is 64.6 Å². The zero-order chi connectivity index (χ0) is 45.2. The van der Waals surface area contributed by atoms with Crippen LogP contribution in [0.4, 0.5) is 0 Å². The Morgan fingerprint density at radius 2 is 0.588 bits per heavy atom. The Hall–Kier alpha value is -8.06. The lowest BCUT2D eigenvalue weighted by atomic mass is 9.70. The first-order chi connectivity index (χ1) is 33.3. The maximum atomic E-state index is 2.55. The van der Waals surface area contributed by atoms with Crippen molar-refractivity contribution in [2.45, 2.75) is 38.5 Å². The van der Waals surface area contributed by atoms with Crippen molar-refractivity contribution in [3.05, 3.63) is 229 Å². The molecule has 0 aromatic heterocycles. The van der Waals surface area contributed by atoms with Crippen LogP contribution in [0.25, 0.3) is 131 Å². The highest BCUT2D eigenvalue weighted by Crippen LogP contribution is 2.65. The molecule has 0 heteroatoms. The average molecular weight is 863 g/mol. The molecule has 13 aromatic carbocycles. The van der Waals surface area contributed by atoms with Gasteiger partial charge in [-0.3, -0.25) is 0 Å². The second kappa shape index (κ2) is 13.3. The number of hydrogen-bond acceptors (Lipinski definition) is 0. The zero-order valence-electron chi connectivity index (χ0n) is 38.6. The van der Waals surface area contributed by atoms with E-state index < -0.39 is 0 Å². The minimum atomic E-state index is -0.304. The first-order valence-electron chi connectivity index (χ1n) is 24.2. The van der Waals surface area contributed by atoms with Gasteiger partial charge in [-0.25, -0.2) is 0 Å². The molecule has 0 spiro atoms. The van der Waals surface area contributed by atoms with Crippen LogP contribution in [0.2, 0.25) is 0 Å². The van der Waals surface area contributed by atoms with E-state index in [1.54, 1.807) is 0 Å². The van der Waals surface area contributed by atoms with Crippen molar-refractivity contribution in [3.63, 3.8) is 0 Å². The molecule has 0 radical (unpaired) electrons. The van der Waals surface area contributed by atoms with Gasteiger partial charge in [0.1, 0.15) is 0 Å².